The molecule has 2 amide bonds. The summed E-state index contributed by atoms with van der Waals surface area (Å²) in [6.07, 6.45) is 0. The molecule has 0 radical (unpaired) electrons. The lowest BCUT2D eigenvalue weighted by atomic mass is 10.1. The molecule has 0 spiro atoms. The average molecular weight is 387 g/mol. The molecule has 0 saturated carbocycles. The average Bonchev–Trinajstić information content (AvgIpc) is 3.10. The van der Waals surface area contributed by atoms with Gasteiger partial charge in [-0.2, -0.15) is 0 Å². The van der Waals surface area contributed by atoms with Crippen molar-refractivity contribution in [1.82, 2.24) is 9.88 Å². The smallest absolute Gasteiger partial charge is 0.262 e. The number of hydrogen-bond acceptors (Lipinski definition) is 3. The number of benzene rings is 3. The van der Waals surface area contributed by atoms with Gasteiger partial charge in [-0.1, -0.05) is 18.2 Å². The molecule has 6 nitrogen and oxygen atoms in total. The van der Waals surface area contributed by atoms with Gasteiger partial charge in [0.15, 0.2) is 6.61 Å². The Morgan fingerprint density at radius 1 is 0.931 bits per heavy atom. The van der Waals surface area contributed by atoms with Crippen LogP contribution in [-0.4, -0.2) is 42.4 Å². The predicted molar refractivity (Wildman–Crippen MR) is 114 cm³/mol. The Labute approximate surface area is 168 Å². The standard InChI is InChI=1S/C23H21N3O3/c1-26(2)23(28)15-7-9-16(10-8-15)24-22(27)14-29-17-11-12-19-18-5-3-4-6-20(18)25-21(19)13-17/h3-13,25H,14H2,1-2H3,(H,24,27). The van der Waals surface area contributed by atoms with Crippen molar-refractivity contribution in [2.24, 2.45) is 0 Å². The normalized spacial score (nSPS) is 10.8. The minimum absolute atomic E-state index is 0.0846. The second-order valence-corrected chi connectivity index (χ2v) is 6.99. The largest absolute Gasteiger partial charge is 0.484 e. The summed E-state index contributed by atoms with van der Waals surface area (Å²) in [4.78, 5) is 29.0. The minimum atomic E-state index is -0.270. The third kappa shape index (κ3) is 3.91. The van der Waals surface area contributed by atoms with Gasteiger partial charge in [0.2, 0.25) is 0 Å². The zero-order valence-corrected chi connectivity index (χ0v) is 16.2. The Morgan fingerprint density at radius 2 is 1.66 bits per heavy atom. The molecule has 146 valence electrons. The maximum Gasteiger partial charge on any atom is 0.262 e. The lowest BCUT2D eigenvalue weighted by molar-refractivity contribution is -0.118. The highest BCUT2D eigenvalue weighted by atomic mass is 16.5. The second kappa shape index (κ2) is 7.67. The molecular weight excluding hydrogens is 366 g/mol. The van der Waals surface area contributed by atoms with Gasteiger partial charge in [0.25, 0.3) is 11.8 Å². The molecule has 29 heavy (non-hydrogen) atoms. The zero-order valence-electron chi connectivity index (χ0n) is 16.2. The molecule has 0 fully saturated rings. The first-order valence-corrected chi connectivity index (χ1v) is 9.26. The molecule has 0 atom stereocenters. The summed E-state index contributed by atoms with van der Waals surface area (Å²) in [5, 5.41) is 5.04. The number of nitrogens with zero attached hydrogens (tertiary/aromatic N) is 1. The molecule has 6 heteroatoms. The van der Waals surface area contributed by atoms with Gasteiger partial charge in [0.1, 0.15) is 5.75 Å². The fraction of sp³-hybridized carbons (Fsp3) is 0.130. The van der Waals surface area contributed by atoms with Gasteiger partial charge < -0.3 is 19.9 Å². The van der Waals surface area contributed by atoms with Crippen LogP contribution in [0.1, 0.15) is 10.4 Å². The highest BCUT2D eigenvalue weighted by molar-refractivity contribution is 6.07. The van der Waals surface area contributed by atoms with Crippen molar-refractivity contribution in [2.45, 2.75) is 0 Å². The molecule has 0 bridgehead atoms. The Bertz CT molecular complexity index is 1190. The van der Waals surface area contributed by atoms with Crippen LogP contribution < -0.4 is 10.1 Å². The maximum atomic E-state index is 12.2. The van der Waals surface area contributed by atoms with Gasteiger partial charge in [-0.15, -0.1) is 0 Å². The number of H-pyrrole nitrogens is 1. The monoisotopic (exact) mass is 387 g/mol. The fourth-order valence-corrected chi connectivity index (χ4v) is 3.22. The van der Waals surface area contributed by atoms with E-state index >= 15 is 0 Å². The van der Waals surface area contributed by atoms with Gasteiger partial charge in [-0.25, -0.2) is 0 Å². The molecule has 4 aromatic rings. The highest BCUT2D eigenvalue weighted by Crippen LogP contribution is 2.28. The molecule has 0 unspecified atom stereocenters. The lowest BCUT2D eigenvalue weighted by Crippen LogP contribution is -2.22. The van der Waals surface area contributed by atoms with E-state index in [-0.39, 0.29) is 18.4 Å². The molecule has 0 aliphatic rings. The summed E-state index contributed by atoms with van der Waals surface area (Å²) in [5.41, 5.74) is 3.20. The second-order valence-electron chi connectivity index (χ2n) is 6.99. The SMILES string of the molecule is CN(C)C(=O)c1ccc(NC(=O)COc2ccc3c(c2)[nH]c2ccccc23)cc1. The van der Waals surface area contributed by atoms with Crippen molar-refractivity contribution < 1.29 is 14.3 Å². The number of fused-ring (bicyclic) bond motifs is 3. The van der Waals surface area contributed by atoms with E-state index in [1.165, 1.54) is 4.90 Å². The molecular formula is C23H21N3O3. The van der Waals surface area contributed by atoms with Crippen LogP contribution >= 0.6 is 0 Å². The number of rotatable bonds is 5. The van der Waals surface area contributed by atoms with E-state index in [1.807, 2.05) is 36.4 Å². The Balaban J connectivity index is 1.39. The van der Waals surface area contributed by atoms with Crippen LogP contribution in [0.2, 0.25) is 0 Å². The number of carbonyl (C=O) groups is 2. The van der Waals surface area contributed by atoms with Crippen LogP contribution in [0.4, 0.5) is 5.69 Å². The zero-order chi connectivity index (χ0) is 20.4. The van der Waals surface area contributed by atoms with E-state index in [0.717, 1.165) is 21.8 Å². The van der Waals surface area contributed by atoms with E-state index in [2.05, 4.69) is 16.4 Å². The highest BCUT2D eigenvalue weighted by Gasteiger charge is 2.09. The molecule has 1 heterocycles. The van der Waals surface area contributed by atoms with Crippen LogP contribution in [0.3, 0.4) is 0 Å². The van der Waals surface area contributed by atoms with Crippen molar-refractivity contribution in [1.29, 1.82) is 0 Å². The number of aromatic nitrogens is 1. The van der Waals surface area contributed by atoms with Crippen molar-refractivity contribution in [3.8, 4) is 5.75 Å². The van der Waals surface area contributed by atoms with Crippen molar-refractivity contribution in [3.05, 3.63) is 72.3 Å². The molecule has 0 aliphatic heterocycles. The number of amides is 2. The first kappa shape index (κ1) is 18.6. The van der Waals surface area contributed by atoms with E-state index in [0.29, 0.717) is 17.0 Å². The van der Waals surface area contributed by atoms with E-state index < -0.39 is 0 Å². The Morgan fingerprint density at radius 3 is 2.41 bits per heavy atom. The minimum Gasteiger partial charge on any atom is -0.484 e. The van der Waals surface area contributed by atoms with Crippen LogP contribution in [0.5, 0.6) is 5.75 Å². The first-order chi connectivity index (χ1) is 14.0. The topological polar surface area (TPSA) is 74.4 Å². The lowest BCUT2D eigenvalue weighted by Gasteiger charge is -2.11. The van der Waals surface area contributed by atoms with E-state index in [1.54, 1.807) is 38.4 Å². The van der Waals surface area contributed by atoms with Gasteiger partial charge in [-0.05, 0) is 42.5 Å². The molecule has 2 N–H and O–H groups in total. The summed E-state index contributed by atoms with van der Waals surface area (Å²) >= 11 is 0. The summed E-state index contributed by atoms with van der Waals surface area (Å²) in [7, 11) is 3.39. The fourth-order valence-electron chi connectivity index (χ4n) is 3.22. The van der Waals surface area contributed by atoms with Gasteiger partial charge in [-0.3, -0.25) is 9.59 Å². The van der Waals surface area contributed by atoms with Crippen LogP contribution in [-0.2, 0) is 4.79 Å². The van der Waals surface area contributed by atoms with Crippen LogP contribution in [0, 0.1) is 0 Å². The van der Waals surface area contributed by atoms with Crippen LogP contribution in [0.25, 0.3) is 21.8 Å². The summed E-state index contributed by atoms with van der Waals surface area (Å²) in [5.74, 6) is 0.262. The number of anilines is 1. The van der Waals surface area contributed by atoms with E-state index in [9.17, 15) is 9.59 Å². The third-order valence-corrected chi connectivity index (χ3v) is 4.67. The van der Waals surface area contributed by atoms with Gasteiger partial charge >= 0.3 is 0 Å². The Kier molecular flexibility index (Phi) is 4.91. The number of hydrogen-bond donors (Lipinski definition) is 2. The third-order valence-electron chi connectivity index (χ3n) is 4.67. The number of carbonyl (C=O) groups excluding carboxylic acids is 2. The number of para-hydroxylation sites is 1. The number of nitrogens with one attached hydrogen (secondary N) is 2. The number of ether oxygens (including phenoxy) is 1. The maximum absolute atomic E-state index is 12.2. The quantitative estimate of drug-likeness (QED) is 0.543. The first-order valence-electron chi connectivity index (χ1n) is 9.26. The van der Waals surface area contributed by atoms with Crippen molar-refractivity contribution in [3.63, 3.8) is 0 Å². The molecule has 1 aromatic heterocycles. The van der Waals surface area contributed by atoms with E-state index in [4.69, 9.17) is 4.74 Å². The predicted octanol–water partition coefficient (Wildman–Crippen LogP) is 4.04. The summed E-state index contributed by atoms with van der Waals surface area (Å²) in [6, 6.07) is 20.6. The molecule has 0 aliphatic carbocycles. The molecule has 3 aromatic carbocycles. The van der Waals surface area contributed by atoms with Crippen LogP contribution in [0.15, 0.2) is 66.7 Å². The number of aromatic amines is 1. The van der Waals surface area contributed by atoms with Gasteiger partial charge in [0, 0.05) is 47.7 Å². The van der Waals surface area contributed by atoms with Gasteiger partial charge in [0.05, 0.1) is 5.52 Å². The summed E-state index contributed by atoms with van der Waals surface area (Å²) < 4.78 is 5.64. The van der Waals surface area contributed by atoms with Crippen molar-refractivity contribution in [2.75, 3.05) is 26.0 Å². The summed E-state index contributed by atoms with van der Waals surface area (Å²) in [6.45, 7) is -0.107. The van der Waals surface area contributed by atoms with Crippen molar-refractivity contribution >= 4 is 39.3 Å². The Hall–Kier alpha value is -3.80. The molecule has 0 saturated heterocycles. The molecule has 4 rings (SSSR count).